The van der Waals surface area contributed by atoms with Crippen molar-refractivity contribution in [2.45, 2.75) is 39.3 Å². The van der Waals surface area contributed by atoms with Crippen LogP contribution in [0.1, 0.15) is 36.5 Å². The van der Waals surface area contributed by atoms with E-state index in [1.54, 1.807) is 19.1 Å². The number of nitrogens with zero attached hydrogens (tertiary/aromatic N) is 1. The average Bonchev–Trinajstić information content (AvgIpc) is 2.59. The molecule has 0 spiro atoms. The molecule has 1 aromatic carbocycles. The van der Waals surface area contributed by atoms with E-state index in [9.17, 15) is 23.1 Å². The van der Waals surface area contributed by atoms with Crippen LogP contribution in [0.3, 0.4) is 0 Å². The lowest BCUT2D eigenvalue weighted by atomic mass is 10.1. The minimum absolute atomic E-state index is 0.00748. The average molecular weight is 382 g/mol. The molecule has 0 unspecified atom stereocenters. The van der Waals surface area contributed by atoms with E-state index in [1.165, 1.54) is 6.20 Å². The second-order valence-corrected chi connectivity index (χ2v) is 6.00. The van der Waals surface area contributed by atoms with Crippen molar-refractivity contribution in [3.63, 3.8) is 0 Å². The number of anilines is 1. The molecule has 5 nitrogen and oxygen atoms in total. The summed E-state index contributed by atoms with van der Waals surface area (Å²) in [5, 5.41) is 11.8. The van der Waals surface area contributed by atoms with E-state index in [-0.39, 0.29) is 18.8 Å². The molecule has 0 aliphatic heterocycles. The summed E-state index contributed by atoms with van der Waals surface area (Å²) in [6, 6.07) is 5.24. The van der Waals surface area contributed by atoms with Gasteiger partial charge in [0.25, 0.3) is 0 Å². The summed E-state index contributed by atoms with van der Waals surface area (Å²) in [5.74, 6) is -0.258. The molecule has 0 bridgehead atoms. The second kappa shape index (κ2) is 8.75. The third-order valence-electron chi connectivity index (χ3n) is 3.88. The van der Waals surface area contributed by atoms with Crippen molar-refractivity contribution in [1.82, 2.24) is 4.98 Å². The quantitative estimate of drug-likeness (QED) is 0.693. The van der Waals surface area contributed by atoms with Crippen LogP contribution in [0.25, 0.3) is 0 Å². The van der Waals surface area contributed by atoms with Gasteiger partial charge in [-0.1, -0.05) is 6.92 Å². The van der Waals surface area contributed by atoms with Crippen LogP contribution in [0.4, 0.5) is 19.0 Å². The van der Waals surface area contributed by atoms with Crippen LogP contribution in [0.2, 0.25) is 0 Å². The highest BCUT2D eigenvalue weighted by Crippen LogP contribution is 2.33. The highest BCUT2D eigenvalue weighted by atomic mass is 19.4. The lowest BCUT2D eigenvalue weighted by Gasteiger charge is -2.14. The van der Waals surface area contributed by atoms with Gasteiger partial charge in [0.2, 0.25) is 5.91 Å². The molecule has 2 aromatic rings. The predicted octanol–water partition coefficient (Wildman–Crippen LogP) is 4.47. The van der Waals surface area contributed by atoms with Crippen molar-refractivity contribution in [2.24, 2.45) is 0 Å². The van der Waals surface area contributed by atoms with Gasteiger partial charge in [-0.05, 0) is 55.2 Å². The minimum atomic E-state index is -4.59. The summed E-state index contributed by atoms with van der Waals surface area (Å²) >= 11 is 0. The zero-order valence-corrected chi connectivity index (χ0v) is 15.1. The van der Waals surface area contributed by atoms with Gasteiger partial charge in [-0.2, -0.15) is 13.2 Å². The minimum Gasteiger partial charge on any atom is -0.508 e. The number of aromatic hydroxyl groups is 1. The number of halogens is 3. The van der Waals surface area contributed by atoms with E-state index in [0.717, 1.165) is 23.3 Å². The van der Waals surface area contributed by atoms with Crippen LogP contribution in [0, 0.1) is 6.92 Å². The maximum absolute atomic E-state index is 12.9. The largest absolute Gasteiger partial charge is 0.508 e. The van der Waals surface area contributed by atoms with Crippen LogP contribution in [-0.4, -0.2) is 22.6 Å². The molecule has 0 radical (unpaired) electrons. The van der Waals surface area contributed by atoms with E-state index >= 15 is 0 Å². The molecule has 0 aliphatic rings. The van der Waals surface area contributed by atoms with Crippen molar-refractivity contribution < 1.29 is 27.8 Å². The summed E-state index contributed by atoms with van der Waals surface area (Å²) in [6.07, 6.45) is -2.42. The van der Waals surface area contributed by atoms with Crippen molar-refractivity contribution in [3.05, 3.63) is 47.2 Å². The molecule has 2 N–H and O–H groups in total. The standard InChI is InChI=1S/C19H21F3N2O3/c1-3-13-11-14(25)10-12(2)17(13)27-9-5-7-16(26)24-18-15(19(20,21)22)6-4-8-23-18/h4,6,8,10-11,25H,3,5,7,9H2,1-2H3,(H,23,24,26). The number of hydrogen-bond donors (Lipinski definition) is 2. The van der Waals surface area contributed by atoms with Gasteiger partial charge in [-0.25, -0.2) is 4.98 Å². The number of alkyl halides is 3. The molecule has 27 heavy (non-hydrogen) atoms. The third-order valence-corrected chi connectivity index (χ3v) is 3.88. The molecule has 0 fully saturated rings. The van der Waals surface area contributed by atoms with E-state index in [4.69, 9.17) is 4.74 Å². The number of ether oxygens (including phenoxy) is 1. The van der Waals surface area contributed by atoms with Gasteiger partial charge in [-0.3, -0.25) is 4.79 Å². The van der Waals surface area contributed by atoms with Gasteiger partial charge in [0.15, 0.2) is 0 Å². The first-order chi connectivity index (χ1) is 12.7. The summed E-state index contributed by atoms with van der Waals surface area (Å²) < 4.78 is 44.4. The summed E-state index contributed by atoms with van der Waals surface area (Å²) in [7, 11) is 0. The molecule has 146 valence electrons. The van der Waals surface area contributed by atoms with Gasteiger partial charge >= 0.3 is 6.18 Å². The maximum Gasteiger partial charge on any atom is 0.419 e. The Morgan fingerprint density at radius 1 is 1.33 bits per heavy atom. The highest BCUT2D eigenvalue weighted by molar-refractivity contribution is 5.90. The molecule has 8 heteroatoms. The molecule has 0 saturated carbocycles. The van der Waals surface area contributed by atoms with E-state index in [1.807, 2.05) is 6.92 Å². The summed E-state index contributed by atoms with van der Waals surface area (Å²) in [5.41, 5.74) is 0.641. The number of carbonyl (C=O) groups is 1. The fourth-order valence-corrected chi connectivity index (χ4v) is 2.63. The molecule has 1 amide bonds. The van der Waals surface area contributed by atoms with E-state index in [2.05, 4.69) is 10.3 Å². The Morgan fingerprint density at radius 3 is 2.74 bits per heavy atom. The first-order valence-electron chi connectivity index (χ1n) is 8.49. The van der Waals surface area contributed by atoms with Gasteiger partial charge in [0.1, 0.15) is 17.3 Å². The van der Waals surface area contributed by atoms with Gasteiger partial charge < -0.3 is 15.2 Å². The zero-order chi connectivity index (χ0) is 20.0. The molecular weight excluding hydrogens is 361 g/mol. The van der Waals surface area contributed by atoms with Crippen molar-refractivity contribution in [2.75, 3.05) is 11.9 Å². The Hall–Kier alpha value is -2.77. The number of rotatable bonds is 7. The first kappa shape index (κ1) is 20.5. The zero-order valence-electron chi connectivity index (χ0n) is 15.1. The monoisotopic (exact) mass is 382 g/mol. The number of aryl methyl sites for hydroxylation is 2. The summed E-state index contributed by atoms with van der Waals surface area (Å²) in [6.45, 7) is 3.96. The van der Waals surface area contributed by atoms with Crippen molar-refractivity contribution in [3.8, 4) is 11.5 Å². The number of nitrogens with one attached hydrogen (secondary N) is 1. The van der Waals surface area contributed by atoms with Crippen molar-refractivity contribution in [1.29, 1.82) is 0 Å². The fraction of sp³-hybridized carbons (Fsp3) is 0.368. The Balaban J connectivity index is 1.90. The van der Waals surface area contributed by atoms with Crippen LogP contribution in [0.15, 0.2) is 30.5 Å². The normalized spacial score (nSPS) is 11.3. The number of phenolic OH excluding ortho intramolecular Hbond substituents is 1. The number of amides is 1. The topological polar surface area (TPSA) is 71.5 Å². The first-order valence-corrected chi connectivity index (χ1v) is 8.49. The number of pyridine rings is 1. The molecule has 1 heterocycles. The molecule has 0 atom stereocenters. The Labute approximate surface area is 155 Å². The van der Waals surface area contributed by atoms with Crippen molar-refractivity contribution >= 4 is 11.7 Å². The number of carbonyl (C=O) groups excluding carboxylic acids is 1. The molecule has 1 aromatic heterocycles. The number of benzene rings is 1. The second-order valence-electron chi connectivity index (χ2n) is 6.00. The Bertz CT molecular complexity index is 807. The third kappa shape index (κ3) is 5.60. The van der Waals surface area contributed by atoms with E-state index < -0.39 is 23.5 Å². The molecule has 0 saturated heterocycles. The molecule has 2 rings (SSSR count). The predicted molar refractivity (Wildman–Crippen MR) is 94.8 cm³/mol. The van der Waals surface area contributed by atoms with Crippen LogP contribution in [0.5, 0.6) is 11.5 Å². The van der Waals surface area contributed by atoms with Gasteiger partial charge in [0, 0.05) is 12.6 Å². The number of hydrogen-bond acceptors (Lipinski definition) is 4. The SMILES string of the molecule is CCc1cc(O)cc(C)c1OCCCC(=O)Nc1ncccc1C(F)(F)F. The fourth-order valence-electron chi connectivity index (χ4n) is 2.63. The highest BCUT2D eigenvalue weighted by Gasteiger charge is 2.34. The molecule has 0 aliphatic carbocycles. The maximum atomic E-state index is 12.9. The number of phenols is 1. The lowest BCUT2D eigenvalue weighted by molar-refractivity contribution is -0.137. The van der Waals surface area contributed by atoms with Gasteiger partial charge in [-0.15, -0.1) is 0 Å². The van der Waals surface area contributed by atoms with Gasteiger partial charge in [0.05, 0.1) is 12.2 Å². The number of aromatic nitrogens is 1. The Morgan fingerprint density at radius 2 is 2.07 bits per heavy atom. The van der Waals surface area contributed by atoms with Crippen LogP contribution < -0.4 is 10.1 Å². The van der Waals surface area contributed by atoms with Crippen LogP contribution in [-0.2, 0) is 17.4 Å². The lowest BCUT2D eigenvalue weighted by Crippen LogP contribution is -2.18. The Kier molecular flexibility index (Phi) is 6.65. The van der Waals surface area contributed by atoms with Crippen LogP contribution >= 0.6 is 0 Å². The smallest absolute Gasteiger partial charge is 0.419 e. The van der Waals surface area contributed by atoms with E-state index in [0.29, 0.717) is 18.6 Å². The summed E-state index contributed by atoms with van der Waals surface area (Å²) in [4.78, 5) is 15.5. The molecular formula is C19H21F3N2O3.